The highest BCUT2D eigenvalue weighted by Crippen LogP contribution is 2.38. The lowest BCUT2D eigenvalue weighted by Crippen LogP contribution is -2.29. The number of benzene rings is 4. The fourth-order valence-electron chi connectivity index (χ4n) is 6.51. The summed E-state index contributed by atoms with van der Waals surface area (Å²) in [6, 6.07) is 32.7. The van der Waals surface area contributed by atoms with Gasteiger partial charge in [-0.3, -0.25) is 18.7 Å². The molecule has 0 bridgehead atoms. The van der Waals surface area contributed by atoms with Crippen LogP contribution in [0, 0.1) is 11.8 Å². The molecule has 0 saturated carbocycles. The van der Waals surface area contributed by atoms with Gasteiger partial charge in [-0.15, -0.1) is 0 Å². The second kappa shape index (κ2) is 20.4. The van der Waals surface area contributed by atoms with Crippen LogP contribution in [0.15, 0.2) is 97.1 Å². The molecule has 0 saturated heterocycles. The summed E-state index contributed by atoms with van der Waals surface area (Å²) in [7, 11) is -7.33. The van der Waals surface area contributed by atoms with Gasteiger partial charge in [0.2, 0.25) is 0 Å². The van der Waals surface area contributed by atoms with E-state index in [9.17, 15) is 26.4 Å². The zero-order chi connectivity index (χ0) is 40.1. The molecule has 0 heterocycles. The van der Waals surface area contributed by atoms with Gasteiger partial charge in [0.25, 0.3) is 20.2 Å². The highest BCUT2D eigenvalue weighted by molar-refractivity contribution is 7.85. The second-order valence-electron chi connectivity index (χ2n) is 14.6. The van der Waals surface area contributed by atoms with Crippen molar-refractivity contribution in [2.45, 2.75) is 78.3 Å². The molecule has 4 aromatic rings. The minimum atomic E-state index is -3.67. The molecule has 4 aromatic carbocycles. The molecule has 292 valence electrons. The Labute approximate surface area is 321 Å². The fourth-order valence-corrected chi connectivity index (χ4v) is 6.51. The number of hydrogen-bond acceptors (Lipinski definition) is 8. The first-order valence-electron chi connectivity index (χ1n) is 18.1. The minimum Gasteiger partial charge on any atom is -0.382 e. The average Bonchev–Trinajstić information content (AvgIpc) is 3.08. The Hall–Kier alpha value is -4.36. The van der Waals surface area contributed by atoms with E-state index in [1.807, 2.05) is 36.4 Å². The molecule has 4 N–H and O–H groups in total. The lowest BCUT2D eigenvalue weighted by molar-refractivity contribution is 0.0980. The van der Waals surface area contributed by atoms with Crippen LogP contribution in [-0.2, 0) is 33.1 Å². The van der Waals surface area contributed by atoms with Crippen molar-refractivity contribution in [3.8, 4) is 0 Å². The summed E-state index contributed by atoms with van der Waals surface area (Å²) in [5.74, 6) is 0.800. The van der Waals surface area contributed by atoms with Crippen LogP contribution in [0.1, 0.15) is 96.3 Å². The minimum absolute atomic E-state index is 0.0857. The molecule has 0 aliphatic heterocycles. The maximum absolute atomic E-state index is 14.2. The molecule has 12 heteroatoms. The Morgan fingerprint density at radius 1 is 0.519 bits per heavy atom. The Balaban J connectivity index is 0.000000695. The highest BCUT2D eigenvalue weighted by atomic mass is 32.2. The van der Waals surface area contributed by atoms with Crippen molar-refractivity contribution in [2.75, 3.05) is 23.1 Å². The third kappa shape index (κ3) is 15.5. The maximum Gasteiger partial charge on any atom is 0.261 e. The van der Waals surface area contributed by atoms with E-state index >= 15 is 0 Å². The number of anilines is 2. The molecule has 1 aliphatic rings. The van der Waals surface area contributed by atoms with Gasteiger partial charge < -0.3 is 10.6 Å². The van der Waals surface area contributed by atoms with Crippen molar-refractivity contribution >= 4 is 43.2 Å². The SMILES string of the molecule is CC(C)CC(CCc1ccccc1)Nc1ccc(NC(CCc2ccccc2)CC(C)C)c2c1C(=O)c1ccccc1C2=O.CS(=O)(=O)O.CS(=O)(=O)O. The molecule has 1 aliphatic carbocycles. The van der Waals surface area contributed by atoms with Gasteiger partial charge >= 0.3 is 0 Å². The lowest BCUT2D eigenvalue weighted by atomic mass is 9.81. The first-order valence-corrected chi connectivity index (χ1v) is 21.8. The molecule has 0 spiro atoms. The van der Waals surface area contributed by atoms with E-state index < -0.39 is 20.2 Å². The maximum atomic E-state index is 14.2. The van der Waals surface area contributed by atoms with Crippen LogP contribution in [0.5, 0.6) is 0 Å². The van der Waals surface area contributed by atoms with E-state index in [0.717, 1.165) is 49.9 Å². The molecule has 0 fully saturated rings. The van der Waals surface area contributed by atoms with Crippen molar-refractivity contribution in [3.63, 3.8) is 0 Å². The molecule has 54 heavy (non-hydrogen) atoms. The highest BCUT2D eigenvalue weighted by Gasteiger charge is 2.35. The summed E-state index contributed by atoms with van der Waals surface area (Å²) in [5, 5.41) is 7.50. The van der Waals surface area contributed by atoms with Gasteiger partial charge in [-0.25, -0.2) is 0 Å². The van der Waals surface area contributed by atoms with Crippen LogP contribution in [0.3, 0.4) is 0 Å². The second-order valence-corrected chi connectivity index (χ2v) is 17.5. The predicted octanol–water partition coefficient (Wildman–Crippen LogP) is 8.39. The third-order valence-corrected chi connectivity index (χ3v) is 8.56. The van der Waals surface area contributed by atoms with Crippen LogP contribution >= 0.6 is 0 Å². The van der Waals surface area contributed by atoms with E-state index in [4.69, 9.17) is 9.11 Å². The summed E-state index contributed by atoms with van der Waals surface area (Å²) < 4.78 is 51.7. The van der Waals surface area contributed by atoms with Crippen LogP contribution in [0.25, 0.3) is 0 Å². The number of aryl methyl sites for hydroxylation is 2. The molecular formula is C42H54N2O8S2. The molecule has 2 atom stereocenters. The molecule has 2 unspecified atom stereocenters. The quantitative estimate of drug-likeness (QED) is 0.0804. The van der Waals surface area contributed by atoms with Crippen molar-refractivity contribution in [2.24, 2.45) is 11.8 Å². The normalized spacial score (nSPS) is 13.4. The topological polar surface area (TPSA) is 167 Å². The van der Waals surface area contributed by atoms with Crippen molar-refractivity contribution in [1.29, 1.82) is 0 Å². The van der Waals surface area contributed by atoms with Crippen LogP contribution in [0.4, 0.5) is 11.4 Å². The zero-order valence-electron chi connectivity index (χ0n) is 32.0. The smallest absolute Gasteiger partial charge is 0.261 e. The largest absolute Gasteiger partial charge is 0.382 e. The number of carbonyl (C=O) groups excluding carboxylic acids is 2. The number of nitrogens with one attached hydrogen (secondary N) is 2. The van der Waals surface area contributed by atoms with Crippen molar-refractivity contribution in [1.82, 2.24) is 0 Å². The zero-order valence-corrected chi connectivity index (χ0v) is 33.6. The van der Waals surface area contributed by atoms with Gasteiger partial charge in [0.1, 0.15) is 0 Å². The number of hydrogen-bond donors (Lipinski definition) is 4. The number of fused-ring (bicyclic) bond motifs is 2. The van der Waals surface area contributed by atoms with Crippen molar-refractivity contribution < 1.29 is 35.5 Å². The van der Waals surface area contributed by atoms with Crippen molar-refractivity contribution in [3.05, 3.63) is 130 Å². The lowest BCUT2D eigenvalue weighted by Gasteiger charge is -2.29. The Kier molecular flexibility index (Phi) is 16.6. The molecule has 0 aromatic heterocycles. The molecular weight excluding hydrogens is 725 g/mol. The van der Waals surface area contributed by atoms with Gasteiger partial charge in [-0.2, -0.15) is 16.8 Å². The van der Waals surface area contributed by atoms with Crippen LogP contribution in [-0.4, -0.2) is 62.1 Å². The molecule has 0 amide bonds. The van der Waals surface area contributed by atoms with Gasteiger partial charge in [-0.05, 0) is 73.6 Å². The van der Waals surface area contributed by atoms with Gasteiger partial charge in [-0.1, -0.05) is 113 Å². The van der Waals surface area contributed by atoms with Gasteiger partial charge in [0, 0.05) is 34.6 Å². The Morgan fingerprint density at radius 3 is 1.11 bits per heavy atom. The predicted molar refractivity (Wildman–Crippen MR) is 218 cm³/mol. The third-order valence-electron chi connectivity index (χ3n) is 8.56. The first kappa shape index (κ1) is 44.0. The van der Waals surface area contributed by atoms with E-state index in [-0.39, 0.29) is 23.7 Å². The van der Waals surface area contributed by atoms with Crippen LogP contribution in [0.2, 0.25) is 0 Å². The standard InChI is InChI=1S/C40H46N2O2.2CH4O3S/c1-27(2)25-31(21-19-29-13-7-5-8-14-29)41-35-23-24-36(38-37(35)39(43)33-17-11-12-18-34(33)40(38)44)42-32(26-28(3)4)22-20-30-15-9-6-10-16-30;2*1-5(2,3)4/h5-18,23-24,27-28,31-32,41-42H,19-22,25-26H2,1-4H3;2*1H3,(H,2,3,4). The fraction of sp³-hybridized carbons (Fsp3) is 0.381. The molecule has 10 nitrogen and oxygen atoms in total. The number of rotatable bonds is 14. The molecule has 0 radical (unpaired) electrons. The average molecular weight is 779 g/mol. The van der Waals surface area contributed by atoms with Gasteiger partial charge in [0.15, 0.2) is 11.6 Å². The van der Waals surface area contributed by atoms with E-state index in [1.165, 1.54) is 11.1 Å². The van der Waals surface area contributed by atoms with Gasteiger partial charge in [0.05, 0.1) is 23.6 Å². The van der Waals surface area contributed by atoms with Crippen LogP contribution < -0.4 is 10.6 Å². The molecule has 5 rings (SSSR count). The Bertz CT molecular complexity index is 1890. The number of ketones is 2. The van der Waals surface area contributed by atoms with E-state index in [1.54, 1.807) is 12.1 Å². The summed E-state index contributed by atoms with van der Waals surface area (Å²) in [6.07, 6.45) is 7.13. The van der Waals surface area contributed by atoms with E-state index in [2.05, 4.69) is 86.9 Å². The Morgan fingerprint density at radius 2 is 0.815 bits per heavy atom. The number of carbonyl (C=O) groups is 2. The van der Waals surface area contributed by atoms with E-state index in [0.29, 0.717) is 46.6 Å². The summed E-state index contributed by atoms with van der Waals surface area (Å²) in [5.41, 5.74) is 6.07. The monoisotopic (exact) mass is 778 g/mol. The first-order chi connectivity index (χ1) is 25.3. The summed E-state index contributed by atoms with van der Waals surface area (Å²) in [4.78, 5) is 28.3. The summed E-state index contributed by atoms with van der Waals surface area (Å²) >= 11 is 0. The summed E-state index contributed by atoms with van der Waals surface area (Å²) in [6.45, 7) is 8.92.